The second-order valence-electron chi connectivity index (χ2n) is 4.67. The lowest BCUT2D eigenvalue weighted by Crippen LogP contribution is -2.13. The number of thioether (sulfide) groups is 1. The second kappa shape index (κ2) is 6.58. The van der Waals surface area contributed by atoms with Crippen LogP contribution in [-0.2, 0) is 0 Å². The molecule has 116 valence electrons. The summed E-state index contributed by atoms with van der Waals surface area (Å²) < 4.78 is 36.7. The first kappa shape index (κ1) is 16.6. The molecule has 1 aromatic carbocycles. The molecular formula is C14H11F3N2OS2. The quantitative estimate of drug-likeness (QED) is 0.271. The van der Waals surface area contributed by atoms with Gasteiger partial charge in [0, 0.05) is 16.5 Å². The number of aliphatic hydroxyl groups is 1. The number of anilines is 1. The number of aliphatic hydroxyl groups excluding tert-OH is 1. The van der Waals surface area contributed by atoms with Gasteiger partial charge in [0.2, 0.25) is 0 Å². The number of hydrogen-bond donors (Lipinski definition) is 2. The summed E-state index contributed by atoms with van der Waals surface area (Å²) in [4.78, 5) is 0.115. The minimum absolute atomic E-state index is 0.00578. The predicted octanol–water partition coefficient (Wildman–Crippen LogP) is 4.78. The van der Waals surface area contributed by atoms with Gasteiger partial charge in [-0.25, -0.2) is 0 Å². The topological polar surface area (TPSA) is 56.0 Å². The number of alkyl halides is 3. The Morgan fingerprint density at radius 3 is 2.36 bits per heavy atom. The van der Waals surface area contributed by atoms with Crippen LogP contribution in [0.2, 0.25) is 0 Å². The molecule has 3 nitrogen and oxygen atoms in total. The van der Waals surface area contributed by atoms with Crippen molar-refractivity contribution in [2.45, 2.75) is 23.2 Å². The van der Waals surface area contributed by atoms with Crippen molar-refractivity contribution in [3.8, 4) is 6.07 Å². The number of benzene rings is 1. The van der Waals surface area contributed by atoms with Crippen molar-refractivity contribution in [2.75, 3.05) is 5.32 Å². The molecule has 0 bridgehead atoms. The third-order valence-electron chi connectivity index (χ3n) is 2.90. The van der Waals surface area contributed by atoms with Crippen molar-refractivity contribution < 1.29 is 18.3 Å². The molecule has 0 spiro atoms. The normalized spacial score (nSPS) is 15.7. The predicted molar refractivity (Wildman–Crippen MR) is 82.6 cm³/mol. The van der Waals surface area contributed by atoms with Crippen LogP contribution in [0.25, 0.3) is 0 Å². The highest BCUT2D eigenvalue weighted by Gasteiger charge is 2.30. The maximum absolute atomic E-state index is 12.2. The van der Waals surface area contributed by atoms with Crippen LogP contribution in [0.3, 0.4) is 0 Å². The van der Waals surface area contributed by atoms with E-state index in [2.05, 4.69) is 5.32 Å². The summed E-state index contributed by atoms with van der Waals surface area (Å²) in [6.07, 6.45) is 1.64. The van der Waals surface area contributed by atoms with Crippen molar-refractivity contribution in [2.24, 2.45) is 5.92 Å². The van der Waals surface area contributed by atoms with Crippen LogP contribution in [0.5, 0.6) is 0 Å². The highest BCUT2D eigenvalue weighted by atomic mass is 32.2. The third-order valence-corrected chi connectivity index (χ3v) is 3.95. The molecule has 0 saturated heterocycles. The summed E-state index contributed by atoms with van der Waals surface area (Å²) in [6, 6.07) is 7.34. The average molecular weight is 344 g/mol. The Balaban J connectivity index is 2.06. The van der Waals surface area contributed by atoms with Gasteiger partial charge in [0.25, 0.3) is 0 Å². The number of nitrogens with one attached hydrogen (secondary N) is 1. The van der Waals surface area contributed by atoms with Crippen LogP contribution in [0.1, 0.15) is 12.8 Å². The van der Waals surface area contributed by atoms with E-state index in [1.165, 1.54) is 24.3 Å². The second-order valence-corrected chi connectivity index (χ2v) is 6.22. The Labute approximate surface area is 134 Å². The molecule has 0 heterocycles. The number of allylic oxidation sites excluding steroid dienone is 1. The van der Waals surface area contributed by atoms with Crippen LogP contribution in [0.4, 0.5) is 18.9 Å². The molecule has 0 aliphatic heterocycles. The van der Waals surface area contributed by atoms with Crippen LogP contribution < -0.4 is 5.32 Å². The van der Waals surface area contributed by atoms with Gasteiger partial charge in [-0.2, -0.15) is 18.4 Å². The van der Waals surface area contributed by atoms with E-state index in [-0.39, 0.29) is 38.9 Å². The van der Waals surface area contributed by atoms with Gasteiger partial charge in [-0.05, 0) is 48.9 Å². The van der Waals surface area contributed by atoms with E-state index in [1.807, 2.05) is 6.07 Å². The van der Waals surface area contributed by atoms with Gasteiger partial charge in [0.1, 0.15) is 22.4 Å². The molecule has 8 heteroatoms. The Morgan fingerprint density at radius 2 is 1.91 bits per heavy atom. The van der Waals surface area contributed by atoms with Gasteiger partial charge >= 0.3 is 5.51 Å². The minimum atomic E-state index is -4.34. The van der Waals surface area contributed by atoms with E-state index in [0.717, 1.165) is 12.8 Å². The number of nitriles is 1. The lowest BCUT2D eigenvalue weighted by atomic mass is 10.2. The molecule has 1 aliphatic carbocycles. The van der Waals surface area contributed by atoms with Gasteiger partial charge in [0.05, 0.1) is 0 Å². The molecule has 0 aromatic heterocycles. The number of rotatable bonds is 4. The van der Waals surface area contributed by atoms with E-state index in [9.17, 15) is 18.3 Å². The van der Waals surface area contributed by atoms with Crippen molar-refractivity contribution >= 4 is 34.7 Å². The fourth-order valence-corrected chi connectivity index (χ4v) is 2.53. The Bertz CT molecular complexity index is 644. The van der Waals surface area contributed by atoms with Crippen LogP contribution >= 0.6 is 24.0 Å². The number of hydrogen-bond acceptors (Lipinski definition) is 4. The molecule has 1 aromatic rings. The fourth-order valence-electron chi connectivity index (χ4n) is 1.72. The first-order valence-electron chi connectivity index (χ1n) is 6.30. The van der Waals surface area contributed by atoms with E-state index in [1.54, 1.807) is 0 Å². The molecule has 1 saturated carbocycles. The lowest BCUT2D eigenvalue weighted by Gasteiger charge is -2.10. The maximum Gasteiger partial charge on any atom is 0.446 e. The van der Waals surface area contributed by atoms with E-state index >= 15 is 0 Å². The zero-order chi connectivity index (χ0) is 16.3. The number of nitrogens with zero attached hydrogens (tertiary/aromatic N) is 1. The molecule has 0 unspecified atom stereocenters. The third kappa shape index (κ3) is 4.64. The fraction of sp³-hybridized carbons (Fsp3) is 0.286. The SMILES string of the molecule is N#C/C(C(=S)Nc1ccc(SC(F)(F)F)cc1)=C(/O)C1CC1. The smallest absolute Gasteiger partial charge is 0.446 e. The highest BCUT2D eigenvalue weighted by Crippen LogP contribution is 2.38. The molecule has 2 rings (SSSR count). The van der Waals surface area contributed by atoms with Gasteiger partial charge in [-0.15, -0.1) is 0 Å². The average Bonchev–Trinajstić information content (AvgIpc) is 3.24. The molecule has 0 atom stereocenters. The number of halogens is 3. The summed E-state index contributed by atoms with van der Waals surface area (Å²) in [5.41, 5.74) is -3.88. The van der Waals surface area contributed by atoms with Crippen LogP contribution in [0.15, 0.2) is 40.5 Å². The Hall–Kier alpha value is -1.72. The largest absolute Gasteiger partial charge is 0.511 e. The summed E-state index contributed by atoms with van der Waals surface area (Å²) in [7, 11) is 0. The maximum atomic E-state index is 12.2. The van der Waals surface area contributed by atoms with Crippen LogP contribution in [0, 0.1) is 17.2 Å². The van der Waals surface area contributed by atoms with Gasteiger partial charge in [-0.1, -0.05) is 12.2 Å². The van der Waals surface area contributed by atoms with Gasteiger partial charge in [-0.3, -0.25) is 0 Å². The lowest BCUT2D eigenvalue weighted by molar-refractivity contribution is -0.0328. The Morgan fingerprint density at radius 1 is 1.32 bits per heavy atom. The van der Waals surface area contributed by atoms with Crippen LogP contribution in [-0.4, -0.2) is 15.6 Å². The van der Waals surface area contributed by atoms with Crippen molar-refractivity contribution in [3.63, 3.8) is 0 Å². The van der Waals surface area contributed by atoms with Gasteiger partial charge < -0.3 is 10.4 Å². The van der Waals surface area contributed by atoms with E-state index in [4.69, 9.17) is 17.5 Å². The standard InChI is InChI=1S/C14H11F3N2OS2/c15-14(16,17)22-10-5-3-9(4-6-10)19-13(21)11(7-18)12(20)8-1-2-8/h3-6,8,20H,1-2H2,(H,19,21)/b12-11-. The van der Waals surface area contributed by atoms with Crippen molar-refractivity contribution in [1.29, 1.82) is 5.26 Å². The summed E-state index contributed by atoms with van der Waals surface area (Å²) in [6.45, 7) is 0. The first-order valence-corrected chi connectivity index (χ1v) is 7.53. The summed E-state index contributed by atoms with van der Waals surface area (Å²) >= 11 is 4.86. The van der Waals surface area contributed by atoms with Crippen molar-refractivity contribution in [3.05, 3.63) is 35.6 Å². The summed E-state index contributed by atoms with van der Waals surface area (Å²) in [5.74, 6) is -0.0378. The molecular weight excluding hydrogens is 333 g/mol. The van der Waals surface area contributed by atoms with Gasteiger partial charge in [0.15, 0.2) is 0 Å². The monoisotopic (exact) mass is 344 g/mol. The molecule has 0 radical (unpaired) electrons. The first-order chi connectivity index (χ1) is 10.3. The molecule has 22 heavy (non-hydrogen) atoms. The van der Waals surface area contributed by atoms with E-state index < -0.39 is 5.51 Å². The molecule has 1 aliphatic rings. The highest BCUT2D eigenvalue weighted by molar-refractivity contribution is 8.00. The summed E-state index contributed by atoms with van der Waals surface area (Å²) in [5, 5.41) is 21.7. The zero-order valence-corrected chi connectivity index (χ0v) is 12.8. The zero-order valence-electron chi connectivity index (χ0n) is 11.1. The molecule has 1 fully saturated rings. The molecule has 0 amide bonds. The number of thiocarbonyl (C=S) groups is 1. The molecule has 2 N–H and O–H groups in total. The van der Waals surface area contributed by atoms with E-state index in [0.29, 0.717) is 5.69 Å². The van der Waals surface area contributed by atoms with Crippen molar-refractivity contribution in [1.82, 2.24) is 0 Å². The Kier molecular flexibility index (Phi) is 4.98. The minimum Gasteiger partial charge on any atom is -0.511 e.